The van der Waals surface area contributed by atoms with Gasteiger partial charge in [0.2, 0.25) is 0 Å². The monoisotopic (exact) mass is 228 g/mol. The summed E-state index contributed by atoms with van der Waals surface area (Å²) in [5, 5.41) is 0. The first-order valence-corrected chi connectivity index (χ1v) is 6.15. The summed E-state index contributed by atoms with van der Waals surface area (Å²) in [6.07, 6.45) is 2.70. The van der Waals surface area contributed by atoms with Gasteiger partial charge in [0, 0.05) is 18.6 Å². The molecular weight excluding hydrogens is 204 g/mol. The molecular formula is C12H24N2O2. The topological polar surface area (TPSA) is 55.6 Å². The van der Waals surface area contributed by atoms with Crippen molar-refractivity contribution in [1.29, 1.82) is 0 Å². The SMILES string of the molecule is CCC(C)(N)COC(C)C(=O)N1CCCC1. The Hall–Kier alpha value is -0.610. The van der Waals surface area contributed by atoms with Crippen LogP contribution in [-0.4, -0.2) is 42.1 Å². The number of carbonyl (C=O) groups is 1. The highest BCUT2D eigenvalue weighted by molar-refractivity contribution is 5.80. The second-order valence-electron chi connectivity index (χ2n) is 4.99. The minimum absolute atomic E-state index is 0.101. The van der Waals surface area contributed by atoms with Gasteiger partial charge < -0.3 is 15.4 Å². The van der Waals surface area contributed by atoms with Gasteiger partial charge in [-0.05, 0) is 33.1 Å². The van der Waals surface area contributed by atoms with Crippen molar-refractivity contribution in [2.75, 3.05) is 19.7 Å². The third-order valence-corrected chi connectivity index (χ3v) is 3.24. The summed E-state index contributed by atoms with van der Waals surface area (Å²) in [6.45, 7) is 7.97. The standard InChI is InChI=1S/C12H24N2O2/c1-4-12(3,13)9-16-10(2)11(15)14-7-5-6-8-14/h10H,4-9,13H2,1-3H3. The third-order valence-electron chi connectivity index (χ3n) is 3.24. The van der Waals surface area contributed by atoms with E-state index < -0.39 is 0 Å². The zero-order chi connectivity index (χ0) is 12.2. The molecule has 0 spiro atoms. The van der Waals surface area contributed by atoms with Crippen molar-refractivity contribution in [3.63, 3.8) is 0 Å². The van der Waals surface area contributed by atoms with Crippen molar-refractivity contribution in [2.45, 2.75) is 51.7 Å². The van der Waals surface area contributed by atoms with Gasteiger partial charge in [0.25, 0.3) is 5.91 Å². The van der Waals surface area contributed by atoms with Crippen LogP contribution < -0.4 is 5.73 Å². The summed E-state index contributed by atoms with van der Waals surface area (Å²) >= 11 is 0. The van der Waals surface area contributed by atoms with E-state index in [9.17, 15) is 4.79 Å². The van der Waals surface area contributed by atoms with Crippen molar-refractivity contribution in [1.82, 2.24) is 4.90 Å². The van der Waals surface area contributed by atoms with E-state index in [0.717, 1.165) is 32.4 Å². The zero-order valence-electron chi connectivity index (χ0n) is 10.7. The molecule has 0 saturated carbocycles. The van der Waals surface area contributed by atoms with Crippen LogP contribution in [0.25, 0.3) is 0 Å². The molecule has 4 heteroatoms. The molecule has 1 fully saturated rings. The van der Waals surface area contributed by atoms with Gasteiger partial charge in [0.15, 0.2) is 0 Å². The van der Waals surface area contributed by atoms with Crippen LogP contribution in [0.15, 0.2) is 0 Å². The van der Waals surface area contributed by atoms with Crippen molar-refractivity contribution in [2.24, 2.45) is 5.73 Å². The number of rotatable bonds is 5. The van der Waals surface area contributed by atoms with E-state index in [1.807, 2.05) is 25.7 Å². The third kappa shape index (κ3) is 3.76. The Bertz CT molecular complexity index is 235. The highest BCUT2D eigenvalue weighted by atomic mass is 16.5. The normalized spacial score (nSPS) is 21.9. The molecule has 0 bridgehead atoms. The molecule has 2 N–H and O–H groups in total. The fourth-order valence-corrected chi connectivity index (χ4v) is 1.68. The van der Waals surface area contributed by atoms with Crippen LogP contribution >= 0.6 is 0 Å². The number of hydrogen-bond donors (Lipinski definition) is 1. The molecule has 0 aromatic rings. The van der Waals surface area contributed by atoms with Gasteiger partial charge in [0.05, 0.1) is 6.61 Å². The van der Waals surface area contributed by atoms with E-state index in [4.69, 9.17) is 10.5 Å². The number of likely N-dealkylation sites (tertiary alicyclic amines) is 1. The second-order valence-corrected chi connectivity index (χ2v) is 4.99. The van der Waals surface area contributed by atoms with Gasteiger partial charge in [0.1, 0.15) is 6.10 Å². The lowest BCUT2D eigenvalue weighted by Gasteiger charge is -2.26. The Morgan fingerprint density at radius 2 is 2.06 bits per heavy atom. The van der Waals surface area contributed by atoms with Gasteiger partial charge in [-0.3, -0.25) is 4.79 Å². The smallest absolute Gasteiger partial charge is 0.251 e. The predicted octanol–water partition coefficient (Wildman–Crippen LogP) is 1.14. The minimum Gasteiger partial charge on any atom is -0.367 e. The van der Waals surface area contributed by atoms with Gasteiger partial charge in [-0.15, -0.1) is 0 Å². The Kier molecular flexibility index (Phi) is 4.74. The Morgan fingerprint density at radius 3 is 2.56 bits per heavy atom. The summed E-state index contributed by atoms with van der Waals surface area (Å²) in [6, 6.07) is 0. The van der Waals surface area contributed by atoms with E-state index in [2.05, 4.69) is 0 Å². The molecule has 16 heavy (non-hydrogen) atoms. The molecule has 0 aliphatic carbocycles. The second kappa shape index (κ2) is 5.64. The maximum Gasteiger partial charge on any atom is 0.251 e. The summed E-state index contributed by atoms with van der Waals surface area (Å²) in [4.78, 5) is 13.8. The van der Waals surface area contributed by atoms with Crippen LogP contribution in [0.4, 0.5) is 0 Å². The predicted molar refractivity (Wildman–Crippen MR) is 64.1 cm³/mol. The van der Waals surface area contributed by atoms with E-state index in [1.165, 1.54) is 0 Å². The fraction of sp³-hybridized carbons (Fsp3) is 0.917. The average Bonchev–Trinajstić information content (AvgIpc) is 2.78. The van der Waals surface area contributed by atoms with Gasteiger partial charge in [-0.25, -0.2) is 0 Å². The molecule has 2 atom stereocenters. The van der Waals surface area contributed by atoms with Crippen molar-refractivity contribution < 1.29 is 9.53 Å². The summed E-state index contributed by atoms with van der Waals surface area (Å²) < 4.78 is 5.56. The first-order valence-electron chi connectivity index (χ1n) is 6.15. The largest absolute Gasteiger partial charge is 0.367 e. The van der Waals surface area contributed by atoms with Gasteiger partial charge >= 0.3 is 0 Å². The van der Waals surface area contributed by atoms with E-state index in [1.54, 1.807) is 0 Å². The number of ether oxygens (including phenoxy) is 1. The number of nitrogens with two attached hydrogens (primary N) is 1. The summed E-state index contributed by atoms with van der Waals surface area (Å²) in [7, 11) is 0. The lowest BCUT2D eigenvalue weighted by Crippen LogP contribution is -2.44. The van der Waals surface area contributed by atoms with E-state index in [0.29, 0.717) is 6.61 Å². The van der Waals surface area contributed by atoms with Crippen LogP contribution in [0.3, 0.4) is 0 Å². The zero-order valence-corrected chi connectivity index (χ0v) is 10.7. The Morgan fingerprint density at radius 1 is 1.50 bits per heavy atom. The number of hydrogen-bond acceptors (Lipinski definition) is 3. The van der Waals surface area contributed by atoms with Crippen molar-refractivity contribution >= 4 is 5.91 Å². The van der Waals surface area contributed by atoms with Crippen LogP contribution in [0.2, 0.25) is 0 Å². The maximum atomic E-state index is 11.9. The minimum atomic E-state index is -0.368. The molecule has 1 rings (SSSR count). The Balaban J connectivity index is 2.34. The molecule has 4 nitrogen and oxygen atoms in total. The molecule has 1 aliphatic heterocycles. The molecule has 2 unspecified atom stereocenters. The quantitative estimate of drug-likeness (QED) is 0.767. The highest BCUT2D eigenvalue weighted by Crippen LogP contribution is 2.12. The fourth-order valence-electron chi connectivity index (χ4n) is 1.68. The molecule has 1 aliphatic rings. The lowest BCUT2D eigenvalue weighted by atomic mass is 10.0. The summed E-state index contributed by atoms with van der Waals surface area (Å²) in [5.41, 5.74) is 5.63. The average molecular weight is 228 g/mol. The van der Waals surface area contributed by atoms with E-state index in [-0.39, 0.29) is 17.6 Å². The molecule has 0 aromatic carbocycles. The van der Waals surface area contributed by atoms with E-state index >= 15 is 0 Å². The molecule has 94 valence electrons. The van der Waals surface area contributed by atoms with Crippen LogP contribution in [0.1, 0.15) is 40.0 Å². The molecule has 0 aromatic heterocycles. The molecule has 1 heterocycles. The number of amides is 1. The molecule has 1 saturated heterocycles. The van der Waals surface area contributed by atoms with Gasteiger partial charge in [-0.1, -0.05) is 6.92 Å². The molecule has 0 radical (unpaired) electrons. The first kappa shape index (κ1) is 13.5. The van der Waals surface area contributed by atoms with Crippen molar-refractivity contribution in [3.05, 3.63) is 0 Å². The number of carbonyl (C=O) groups excluding carboxylic acids is 1. The number of nitrogens with zero attached hydrogens (tertiary/aromatic N) is 1. The van der Waals surface area contributed by atoms with Crippen molar-refractivity contribution in [3.8, 4) is 0 Å². The lowest BCUT2D eigenvalue weighted by molar-refractivity contribution is -0.142. The van der Waals surface area contributed by atoms with Crippen LogP contribution in [-0.2, 0) is 9.53 Å². The van der Waals surface area contributed by atoms with Crippen LogP contribution in [0.5, 0.6) is 0 Å². The van der Waals surface area contributed by atoms with Gasteiger partial charge in [-0.2, -0.15) is 0 Å². The Labute approximate surface area is 98.1 Å². The maximum absolute atomic E-state index is 11.9. The van der Waals surface area contributed by atoms with Crippen LogP contribution in [0, 0.1) is 0 Å². The summed E-state index contributed by atoms with van der Waals surface area (Å²) in [5.74, 6) is 0.101. The first-order chi connectivity index (χ1) is 7.46. The molecule has 1 amide bonds. The highest BCUT2D eigenvalue weighted by Gasteiger charge is 2.25.